The van der Waals surface area contributed by atoms with Gasteiger partial charge in [-0.3, -0.25) is 9.69 Å². The number of amides is 1. The smallest absolute Gasteiger partial charge is 0.230 e. The second-order valence-corrected chi connectivity index (χ2v) is 9.25. The summed E-state index contributed by atoms with van der Waals surface area (Å²) in [6.07, 6.45) is 0.230. The van der Waals surface area contributed by atoms with Crippen molar-refractivity contribution in [2.75, 3.05) is 31.6 Å². The summed E-state index contributed by atoms with van der Waals surface area (Å²) in [6, 6.07) is 25.5. The molecule has 4 aromatic rings. The number of nitrogens with one attached hydrogen (secondary N) is 1. The number of carbonyl (C=O) groups is 1. The summed E-state index contributed by atoms with van der Waals surface area (Å²) < 4.78 is 11.2. The molecule has 3 aromatic carbocycles. The molecule has 0 aliphatic carbocycles. The third-order valence-electron chi connectivity index (χ3n) is 5.72. The van der Waals surface area contributed by atoms with Gasteiger partial charge >= 0.3 is 0 Å². The van der Waals surface area contributed by atoms with Crippen LogP contribution < -0.4 is 10.1 Å². The number of para-hydroxylation sites is 1. The number of nitrogens with zero attached hydrogens (tertiary/aromatic N) is 2. The van der Waals surface area contributed by atoms with Gasteiger partial charge in [0.2, 0.25) is 5.91 Å². The van der Waals surface area contributed by atoms with E-state index in [2.05, 4.69) is 39.5 Å². The van der Waals surface area contributed by atoms with Crippen molar-refractivity contribution in [2.24, 2.45) is 0 Å². The number of morpholine rings is 1. The van der Waals surface area contributed by atoms with Gasteiger partial charge in [-0.1, -0.05) is 42.5 Å². The summed E-state index contributed by atoms with van der Waals surface area (Å²) in [5, 5.41) is 5.81. The molecule has 5 rings (SSSR count). The predicted octanol–water partition coefficient (Wildman–Crippen LogP) is 5.62. The maximum absolute atomic E-state index is 12.5. The first-order chi connectivity index (χ1) is 17.2. The molecular weight excluding hydrogens is 458 g/mol. The van der Waals surface area contributed by atoms with Crippen molar-refractivity contribution in [3.05, 3.63) is 95.5 Å². The molecule has 1 aliphatic rings. The van der Waals surface area contributed by atoms with Crippen LogP contribution in [0.25, 0.3) is 10.6 Å². The molecule has 1 aromatic heterocycles. The second kappa shape index (κ2) is 11.3. The normalized spacial score (nSPS) is 13.9. The third-order valence-corrected chi connectivity index (χ3v) is 6.66. The molecule has 178 valence electrons. The Morgan fingerprint density at radius 3 is 2.40 bits per heavy atom. The molecule has 0 spiro atoms. The molecule has 0 radical (unpaired) electrons. The minimum Gasteiger partial charge on any atom is -0.457 e. The van der Waals surface area contributed by atoms with Gasteiger partial charge in [0.05, 0.1) is 25.3 Å². The molecule has 35 heavy (non-hydrogen) atoms. The van der Waals surface area contributed by atoms with Crippen LogP contribution in [-0.4, -0.2) is 42.1 Å². The molecule has 7 heteroatoms. The van der Waals surface area contributed by atoms with Gasteiger partial charge < -0.3 is 14.8 Å². The Morgan fingerprint density at radius 1 is 0.943 bits per heavy atom. The van der Waals surface area contributed by atoms with Crippen LogP contribution in [0, 0.1) is 0 Å². The maximum Gasteiger partial charge on any atom is 0.230 e. The van der Waals surface area contributed by atoms with Crippen LogP contribution in [0.1, 0.15) is 11.3 Å². The summed E-state index contributed by atoms with van der Waals surface area (Å²) in [6.45, 7) is 4.51. The van der Waals surface area contributed by atoms with E-state index in [0.717, 1.165) is 60.5 Å². The topological polar surface area (TPSA) is 63.7 Å². The van der Waals surface area contributed by atoms with Gasteiger partial charge in [-0.2, -0.15) is 0 Å². The van der Waals surface area contributed by atoms with E-state index >= 15 is 0 Å². The average Bonchev–Trinajstić information content (AvgIpc) is 3.35. The molecule has 1 saturated heterocycles. The van der Waals surface area contributed by atoms with Gasteiger partial charge in [0.25, 0.3) is 0 Å². The predicted molar refractivity (Wildman–Crippen MR) is 139 cm³/mol. The Balaban J connectivity index is 1.13. The quantitative estimate of drug-likeness (QED) is 0.351. The lowest BCUT2D eigenvalue weighted by atomic mass is 10.1. The van der Waals surface area contributed by atoms with Crippen molar-refractivity contribution in [3.8, 4) is 22.1 Å². The molecule has 1 N–H and O–H groups in total. The Kier molecular flexibility index (Phi) is 7.48. The highest BCUT2D eigenvalue weighted by molar-refractivity contribution is 7.13. The fourth-order valence-corrected chi connectivity index (χ4v) is 4.72. The standard InChI is InChI=1S/C28H27N3O3S/c32-27(29-23-10-12-26(13-11-23)34-25-4-2-1-3-5-25)18-24-20-35-28(30-24)22-8-6-21(7-9-22)19-31-14-16-33-17-15-31/h1-13,20H,14-19H2,(H,29,32). The number of anilines is 1. The second-order valence-electron chi connectivity index (χ2n) is 8.39. The number of benzene rings is 3. The molecule has 1 fully saturated rings. The van der Waals surface area contributed by atoms with E-state index in [0.29, 0.717) is 5.75 Å². The highest BCUT2D eigenvalue weighted by Crippen LogP contribution is 2.26. The molecule has 0 saturated carbocycles. The Morgan fingerprint density at radius 2 is 1.66 bits per heavy atom. The number of carbonyl (C=O) groups excluding carboxylic acids is 1. The minimum absolute atomic E-state index is 0.0977. The van der Waals surface area contributed by atoms with E-state index in [1.54, 1.807) is 11.3 Å². The zero-order valence-corrected chi connectivity index (χ0v) is 20.2. The lowest BCUT2D eigenvalue weighted by molar-refractivity contribution is -0.115. The van der Waals surface area contributed by atoms with Crippen molar-refractivity contribution in [3.63, 3.8) is 0 Å². The van der Waals surface area contributed by atoms with E-state index in [1.807, 2.05) is 60.0 Å². The van der Waals surface area contributed by atoms with Crippen molar-refractivity contribution in [1.29, 1.82) is 0 Å². The number of thiazole rings is 1. The summed E-state index contributed by atoms with van der Waals surface area (Å²) >= 11 is 1.56. The van der Waals surface area contributed by atoms with Crippen molar-refractivity contribution in [2.45, 2.75) is 13.0 Å². The maximum atomic E-state index is 12.5. The minimum atomic E-state index is -0.0977. The number of ether oxygens (including phenoxy) is 2. The van der Waals surface area contributed by atoms with E-state index in [4.69, 9.17) is 9.47 Å². The highest BCUT2D eigenvalue weighted by Gasteiger charge is 2.12. The number of rotatable bonds is 8. The van der Waals surface area contributed by atoms with Gasteiger partial charge in [0.15, 0.2) is 0 Å². The van der Waals surface area contributed by atoms with Gasteiger partial charge in [-0.15, -0.1) is 11.3 Å². The number of hydrogen-bond donors (Lipinski definition) is 1. The Labute approximate surface area is 209 Å². The fourth-order valence-electron chi connectivity index (χ4n) is 3.89. The van der Waals surface area contributed by atoms with Crippen molar-refractivity contribution in [1.82, 2.24) is 9.88 Å². The SMILES string of the molecule is O=C(Cc1csc(-c2ccc(CN3CCOCC3)cc2)n1)Nc1ccc(Oc2ccccc2)cc1. The number of aromatic nitrogens is 1. The molecule has 1 amide bonds. The Hall–Kier alpha value is -3.52. The first kappa shape index (κ1) is 23.2. The number of hydrogen-bond acceptors (Lipinski definition) is 6. The first-order valence-electron chi connectivity index (χ1n) is 11.7. The molecule has 0 atom stereocenters. The third kappa shape index (κ3) is 6.54. The van der Waals surface area contributed by atoms with Gasteiger partial charge in [-0.05, 0) is 42.0 Å². The molecular formula is C28H27N3O3S. The lowest BCUT2D eigenvalue weighted by Crippen LogP contribution is -2.35. The zero-order chi connectivity index (χ0) is 23.9. The van der Waals surface area contributed by atoms with Gasteiger partial charge in [0, 0.05) is 36.3 Å². The molecule has 0 unspecified atom stereocenters. The lowest BCUT2D eigenvalue weighted by Gasteiger charge is -2.26. The van der Waals surface area contributed by atoms with Gasteiger partial charge in [-0.25, -0.2) is 4.98 Å². The van der Waals surface area contributed by atoms with Crippen LogP contribution in [-0.2, 0) is 22.5 Å². The molecule has 1 aliphatic heterocycles. The van der Waals surface area contributed by atoms with Crippen molar-refractivity contribution >= 4 is 22.9 Å². The highest BCUT2D eigenvalue weighted by atomic mass is 32.1. The van der Waals surface area contributed by atoms with Crippen LogP contribution in [0.4, 0.5) is 5.69 Å². The average molecular weight is 486 g/mol. The van der Waals surface area contributed by atoms with E-state index in [9.17, 15) is 4.79 Å². The van der Waals surface area contributed by atoms with Crippen LogP contribution in [0.2, 0.25) is 0 Å². The zero-order valence-electron chi connectivity index (χ0n) is 19.4. The van der Waals surface area contributed by atoms with Crippen molar-refractivity contribution < 1.29 is 14.3 Å². The van der Waals surface area contributed by atoms with E-state index < -0.39 is 0 Å². The monoisotopic (exact) mass is 485 g/mol. The largest absolute Gasteiger partial charge is 0.457 e. The Bertz CT molecular complexity index is 1230. The summed E-state index contributed by atoms with van der Waals surface area (Å²) in [7, 11) is 0. The van der Waals surface area contributed by atoms with E-state index in [1.165, 1.54) is 5.56 Å². The molecule has 6 nitrogen and oxygen atoms in total. The molecule has 0 bridgehead atoms. The van der Waals surface area contributed by atoms with E-state index in [-0.39, 0.29) is 12.3 Å². The van der Waals surface area contributed by atoms with Crippen LogP contribution in [0.15, 0.2) is 84.2 Å². The fraction of sp³-hybridized carbons (Fsp3) is 0.214. The summed E-state index contributed by atoms with van der Waals surface area (Å²) in [5.74, 6) is 1.39. The first-order valence-corrected chi connectivity index (χ1v) is 12.6. The molecule has 2 heterocycles. The summed E-state index contributed by atoms with van der Waals surface area (Å²) in [4.78, 5) is 19.6. The van der Waals surface area contributed by atoms with Crippen LogP contribution >= 0.6 is 11.3 Å². The van der Waals surface area contributed by atoms with Crippen LogP contribution in [0.5, 0.6) is 11.5 Å². The summed E-state index contributed by atoms with van der Waals surface area (Å²) in [5.41, 5.74) is 3.85. The van der Waals surface area contributed by atoms with Crippen LogP contribution in [0.3, 0.4) is 0 Å². The van der Waals surface area contributed by atoms with Gasteiger partial charge in [0.1, 0.15) is 16.5 Å².